The van der Waals surface area contributed by atoms with Crippen molar-refractivity contribution in [3.63, 3.8) is 0 Å². The summed E-state index contributed by atoms with van der Waals surface area (Å²) in [5.41, 5.74) is 0.870. The van der Waals surface area contributed by atoms with Crippen LogP contribution >= 0.6 is 11.8 Å². The van der Waals surface area contributed by atoms with E-state index in [0.29, 0.717) is 19.7 Å². The lowest BCUT2D eigenvalue weighted by molar-refractivity contribution is -0.00139. The van der Waals surface area contributed by atoms with E-state index < -0.39 is 0 Å². The molecule has 4 nitrogen and oxygen atoms in total. The molecule has 2 amide bonds. The topological polar surface area (TPSA) is 41.6 Å². The average Bonchev–Trinajstić information content (AvgIpc) is 2.39. The highest BCUT2D eigenvalue weighted by Crippen LogP contribution is 2.24. The molecule has 0 bridgehead atoms. The third kappa shape index (κ3) is 3.17. The molecular weight excluding hydrogens is 248 g/mol. The van der Waals surface area contributed by atoms with E-state index >= 15 is 0 Å². The monoisotopic (exact) mass is 266 g/mol. The van der Waals surface area contributed by atoms with E-state index in [-0.39, 0.29) is 12.1 Å². The molecule has 1 aromatic carbocycles. The van der Waals surface area contributed by atoms with Gasteiger partial charge in [0.25, 0.3) is 0 Å². The van der Waals surface area contributed by atoms with Crippen LogP contribution in [0.2, 0.25) is 0 Å². The Bertz CT molecular complexity index is 425. The lowest BCUT2D eigenvalue weighted by Gasteiger charge is -2.31. The van der Waals surface area contributed by atoms with Crippen molar-refractivity contribution >= 4 is 23.5 Å². The van der Waals surface area contributed by atoms with E-state index in [1.54, 1.807) is 16.7 Å². The summed E-state index contributed by atoms with van der Waals surface area (Å²) >= 11 is 1.63. The molecule has 1 fully saturated rings. The maximum Gasteiger partial charge on any atom is 0.322 e. The van der Waals surface area contributed by atoms with Crippen molar-refractivity contribution in [3.05, 3.63) is 24.3 Å². The van der Waals surface area contributed by atoms with Crippen molar-refractivity contribution in [2.24, 2.45) is 0 Å². The van der Waals surface area contributed by atoms with Crippen LogP contribution in [0.5, 0.6) is 0 Å². The molecule has 98 valence electrons. The van der Waals surface area contributed by atoms with Gasteiger partial charge in [-0.15, -0.1) is 11.8 Å². The van der Waals surface area contributed by atoms with Crippen molar-refractivity contribution in [3.8, 4) is 0 Å². The number of thioether (sulfide) groups is 1. The molecule has 1 N–H and O–H groups in total. The fourth-order valence-electron chi connectivity index (χ4n) is 1.95. The minimum Gasteiger partial charge on any atom is -0.375 e. The number of nitrogens with one attached hydrogen (secondary N) is 1. The van der Waals surface area contributed by atoms with Crippen LogP contribution in [0.1, 0.15) is 6.92 Å². The summed E-state index contributed by atoms with van der Waals surface area (Å²) in [6.45, 7) is 3.89. The number of ether oxygens (including phenoxy) is 1. The summed E-state index contributed by atoms with van der Waals surface area (Å²) in [7, 11) is 0. The van der Waals surface area contributed by atoms with Crippen LogP contribution in [0.4, 0.5) is 10.5 Å². The SMILES string of the molecule is CSc1ccccc1NC(=O)N1CCOC(C)C1. The molecule has 1 aromatic rings. The molecule has 1 heterocycles. The van der Waals surface area contributed by atoms with Gasteiger partial charge >= 0.3 is 6.03 Å². The fourth-order valence-corrected chi connectivity index (χ4v) is 2.50. The van der Waals surface area contributed by atoms with Crippen molar-refractivity contribution in [1.29, 1.82) is 0 Å². The van der Waals surface area contributed by atoms with Gasteiger partial charge in [0.15, 0.2) is 0 Å². The largest absolute Gasteiger partial charge is 0.375 e. The second kappa shape index (κ2) is 6.11. The Morgan fingerprint density at radius 3 is 3.00 bits per heavy atom. The number of carbonyl (C=O) groups is 1. The van der Waals surface area contributed by atoms with Gasteiger partial charge in [-0.05, 0) is 25.3 Å². The summed E-state index contributed by atoms with van der Waals surface area (Å²) in [5.74, 6) is 0. The number of nitrogens with zero attached hydrogens (tertiary/aromatic N) is 1. The number of carbonyl (C=O) groups excluding carboxylic acids is 1. The van der Waals surface area contributed by atoms with Crippen LogP contribution in [-0.2, 0) is 4.74 Å². The third-order valence-electron chi connectivity index (χ3n) is 2.88. The van der Waals surface area contributed by atoms with Gasteiger partial charge in [0.1, 0.15) is 0 Å². The predicted molar refractivity (Wildman–Crippen MR) is 74.2 cm³/mol. The highest BCUT2D eigenvalue weighted by Gasteiger charge is 2.21. The molecule has 1 unspecified atom stereocenters. The van der Waals surface area contributed by atoms with Crippen molar-refractivity contribution in [1.82, 2.24) is 4.90 Å². The van der Waals surface area contributed by atoms with E-state index in [1.807, 2.05) is 37.4 Å². The van der Waals surface area contributed by atoms with Crippen LogP contribution in [0.25, 0.3) is 0 Å². The first-order valence-corrected chi connectivity index (χ1v) is 7.23. The van der Waals surface area contributed by atoms with Gasteiger partial charge in [-0.25, -0.2) is 4.79 Å². The molecule has 2 rings (SSSR count). The third-order valence-corrected chi connectivity index (χ3v) is 3.67. The Hall–Kier alpha value is -1.20. The van der Waals surface area contributed by atoms with Crippen LogP contribution < -0.4 is 5.32 Å². The number of para-hydroxylation sites is 1. The number of anilines is 1. The van der Waals surface area contributed by atoms with Crippen LogP contribution in [0.15, 0.2) is 29.2 Å². The zero-order valence-corrected chi connectivity index (χ0v) is 11.5. The number of urea groups is 1. The van der Waals surface area contributed by atoms with Crippen LogP contribution in [-0.4, -0.2) is 43.0 Å². The number of morpholine rings is 1. The number of benzene rings is 1. The number of hydrogen-bond donors (Lipinski definition) is 1. The maximum atomic E-state index is 12.1. The second-order valence-corrected chi connectivity index (χ2v) is 5.11. The van der Waals surface area contributed by atoms with E-state index in [4.69, 9.17) is 4.74 Å². The molecule has 1 saturated heterocycles. The quantitative estimate of drug-likeness (QED) is 0.837. The zero-order valence-electron chi connectivity index (χ0n) is 10.7. The Morgan fingerprint density at radius 1 is 1.50 bits per heavy atom. The first-order chi connectivity index (χ1) is 8.70. The van der Waals surface area contributed by atoms with Gasteiger partial charge < -0.3 is 15.0 Å². The first kappa shape index (κ1) is 13.2. The number of hydrogen-bond acceptors (Lipinski definition) is 3. The number of amides is 2. The predicted octanol–water partition coefficient (Wildman–Crippen LogP) is 2.66. The Morgan fingerprint density at radius 2 is 2.28 bits per heavy atom. The smallest absolute Gasteiger partial charge is 0.322 e. The highest BCUT2D eigenvalue weighted by molar-refractivity contribution is 7.98. The highest BCUT2D eigenvalue weighted by atomic mass is 32.2. The molecule has 5 heteroatoms. The Labute approximate surface area is 112 Å². The Kier molecular flexibility index (Phi) is 4.49. The number of rotatable bonds is 2. The van der Waals surface area contributed by atoms with Crippen LogP contribution in [0, 0.1) is 0 Å². The zero-order chi connectivity index (χ0) is 13.0. The summed E-state index contributed by atoms with van der Waals surface area (Å²) in [4.78, 5) is 15.0. The molecule has 0 spiro atoms. The van der Waals surface area contributed by atoms with Gasteiger partial charge in [0.2, 0.25) is 0 Å². The lowest BCUT2D eigenvalue weighted by atomic mass is 10.3. The standard InChI is InChI=1S/C13H18N2O2S/c1-10-9-15(7-8-17-10)13(16)14-11-5-3-4-6-12(11)18-2/h3-6,10H,7-9H2,1-2H3,(H,14,16). The second-order valence-electron chi connectivity index (χ2n) is 4.26. The minimum atomic E-state index is -0.0494. The molecule has 0 radical (unpaired) electrons. The van der Waals surface area contributed by atoms with Gasteiger partial charge in [-0.1, -0.05) is 12.1 Å². The lowest BCUT2D eigenvalue weighted by Crippen LogP contribution is -2.46. The molecule has 1 aliphatic rings. The first-order valence-electron chi connectivity index (χ1n) is 6.01. The van der Waals surface area contributed by atoms with Gasteiger partial charge in [-0.2, -0.15) is 0 Å². The summed E-state index contributed by atoms with van der Waals surface area (Å²) in [6, 6.07) is 7.78. The summed E-state index contributed by atoms with van der Waals surface area (Å²) in [5, 5.41) is 2.96. The molecule has 0 saturated carbocycles. The normalized spacial score (nSPS) is 19.7. The molecule has 18 heavy (non-hydrogen) atoms. The molecule has 1 atom stereocenters. The average molecular weight is 266 g/mol. The molecular formula is C13H18N2O2S. The maximum absolute atomic E-state index is 12.1. The Balaban J connectivity index is 2.02. The van der Waals surface area contributed by atoms with Crippen molar-refractivity contribution < 1.29 is 9.53 Å². The van der Waals surface area contributed by atoms with E-state index in [2.05, 4.69) is 5.32 Å². The summed E-state index contributed by atoms with van der Waals surface area (Å²) < 4.78 is 5.43. The van der Waals surface area contributed by atoms with Crippen molar-refractivity contribution in [2.45, 2.75) is 17.9 Å². The van der Waals surface area contributed by atoms with Gasteiger partial charge in [0, 0.05) is 18.0 Å². The van der Waals surface area contributed by atoms with E-state index in [1.165, 1.54) is 0 Å². The fraction of sp³-hybridized carbons (Fsp3) is 0.462. The molecule has 1 aliphatic heterocycles. The van der Waals surface area contributed by atoms with Gasteiger partial charge in [0.05, 0.1) is 18.4 Å². The van der Waals surface area contributed by atoms with Gasteiger partial charge in [-0.3, -0.25) is 0 Å². The van der Waals surface area contributed by atoms with E-state index in [0.717, 1.165) is 10.6 Å². The summed E-state index contributed by atoms with van der Waals surface area (Å²) in [6.07, 6.45) is 2.11. The minimum absolute atomic E-state index is 0.0494. The molecule has 0 aliphatic carbocycles. The molecule has 0 aromatic heterocycles. The van der Waals surface area contributed by atoms with Crippen LogP contribution in [0.3, 0.4) is 0 Å². The van der Waals surface area contributed by atoms with E-state index in [9.17, 15) is 4.79 Å². The van der Waals surface area contributed by atoms with Crippen molar-refractivity contribution in [2.75, 3.05) is 31.3 Å².